The van der Waals surface area contributed by atoms with Crippen LogP contribution in [0.4, 0.5) is 5.69 Å². The Morgan fingerprint density at radius 1 is 1.00 bits per heavy atom. The molecule has 3 rings (SSSR count). The third kappa shape index (κ3) is 4.36. The van der Waals surface area contributed by atoms with Crippen molar-refractivity contribution < 1.29 is 13.9 Å². The monoisotopic (exact) mass is 330 g/mol. The van der Waals surface area contributed by atoms with Crippen LogP contribution in [0.3, 0.4) is 0 Å². The second-order valence-corrected chi connectivity index (χ2v) is 5.08. The van der Waals surface area contributed by atoms with Gasteiger partial charge < -0.3 is 14.5 Å². The molecule has 0 aliphatic rings. The molecule has 0 aliphatic heterocycles. The summed E-state index contributed by atoms with van der Waals surface area (Å²) < 4.78 is 10.8. The zero-order chi connectivity index (χ0) is 17.5. The van der Waals surface area contributed by atoms with Gasteiger partial charge in [-0.15, -0.1) is 0 Å². The Hall–Kier alpha value is -3.78. The van der Waals surface area contributed by atoms with Crippen molar-refractivity contribution in [2.75, 3.05) is 5.32 Å². The van der Waals surface area contributed by atoms with Crippen LogP contribution in [0.2, 0.25) is 0 Å². The van der Waals surface area contributed by atoms with Gasteiger partial charge in [-0.1, -0.05) is 18.2 Å². The molecule has 3 aromatic rings. The summed E-state index contributed by atoms with van der Waals surface area (Å²) in [6, 6.07) is 21.5. The highest BCUT2D eigenvalue weighted by molar-refractivity contribution is 6.09. The number of nitriles is 1. The maximum Gasteiger partial charge on any atom is 0.266 e. The third-order valence-electron chi connectivity index (χ3n) is 3.29. The van der Waals surface area contributed by atoms with Gasteiger partial charge in [0.25, 0.3) is 5.91 Å². The summed E-state index contributed by atoms with van der Waals surface area (Å²) in [5, 5.41) is 11.8. The average Bonchev–Trinajstić information content (AvgIpc) is 3.15. The third-order valence-corrected chi connectivity index (χ3v) is 3.29. The number of rotatable bonds is 5. The number of furan rings is 1. The van der Waals surface area contributed by atoms with Crippen molar-refractivity contribution in [3.05, 3.63) is 84.3 Å². The van der Waals surface area contributed by atoms with E-state index in [9.17, 15) is 4.79 Å². The van der Waals surface area contributed by atoms with Gasteiger partial charge in [0, 0.05) is 11.8 Å². The van der Waals surface area contributed by atoms with E-state index in [1.54, 1.807) is 36.4 Å². The number of benzene rings is 2. The standard InChI is InChI=1S/C20H14N2O3/c21-14-15(13-19-7-4-12-24-19)20(23)22-16-8-10-18(11-9-16)25-17-5-2-1-3-6-17/h1-13H,(H,22,23)/b15-13+. The summed E-state index contributed by atoms with van der Waals surface area (Å²) in [7, 11) is 0. The number of nitrogens with zero attached hydrogens (tertiary/aromatic N) is 1. The Kier molecular flexibility index (Phi) is 4.93. The zero-order valence-corrected chi connectivity index (χ0v) is 13.2. The predicted molar refractivity (Wildman–Crippen MR) is 93.9 cm³/mol. The van der Waals surface area contributed by atoms with Crippen LogP contribution in [0.5, 0.6) is 11.5 Å². The molecule has 0 saturated heterocycles. The number of nitrogens with one attached hydrogen (secondary N) is 1. The fraction of sp³-hybridized carbons (Fsp3) is 0. The molecular weight excluding hydrogens is 316 g/mol. The summed E-state index contributed by atoms with van der Waals surface area (Å²) >= 11 is 0. The van der Waals surface area contributed by atoms with E-state index in [2.05, 4.69) is 5.32 Å². The maximum absolute atomic E-state index is 12.2. The minimum atomic E-state index is -0.504. The molecule has 1 heterocycles. The summed E-state index contributed by atoms with van der Waals surface area (Å²) in [6.45, 7) is 0. The summed E-state index contributed by atoms with van der Waals surface area (Å²) in [4.78, 5) is 12.2. The number of hydrogen-bond donors (Lipinski definition) is 1. The van der Waals surface area contributed by atoms with Gasteiger partial charge in [-0.05, 0) is 48.5 Å². The van der Waals surface area contributed by atoms with Crippen LogP contribution in [0, 0.1) is 11.3 Å². The highest BCUT2D eigenvalue weighted by atomic mass is 16.5. The molecule has 25 heavy (non-hydrogen) atoms. The SMILES string of the molecule is N#C/C(=C\c1ccco1)C(=O)Nc1ccc(Oc2ccccc2)cc1. The number of para-hydroxylation sites is 1. The second kappa shape index (κ2) is 7.66. The smallest absolute Gasteiger partial charge is 0.266 e. The average molecular weight is 330 g/mol. The normalized spacial score (nSPS) is 10.8. The molecule has 0 atom stereocenters. The molecule has 0 radical (unpaired) electrons. The van der Waals surface area contributed by atoms with Crippen LogP contribution in [0.15, 0.2) is 83.0 Å². The summed E-state index contributed by atoms with van der Waals surface area (Å²) in [5.41, 5.74) is 0.519. The van der Waals surface area contributed by atoms with Crippen molar-refractivity contribution in [3.63, 3.8) is 0 Å². The number of carbonyl (C=O) groups is 1. The van der Waals surface area contributed by atoms with Gasteiger partial charge in [0.2, 0.25) is 0 Å². The molecule has 1 aromatic heterocycles. The van der Waals surface area contributed by atoms with E-state index in [0.717, 1.165) is 5.75 Å². The van der Waals surface area contributed by atoms with Crippen molar-refractivity contribution in [1.29, 1.82) is 5.26 Å². The molecule has 5 nitrogen and oxygen atoms in total. The van der Waals surface area contributed by atoms with E-state index in [1.807, 2.05) is 36.4 Å². The molecule has 0 fully saturated rings. The van der Waals surface area contributed by atoms with Crippen LogP contribution in [0.1, 0.15) is 5.76 Å². The molecular formula is C20H14N2O3. The molecule has 2 aromatic carbocycles. The molecule has 0 aliphatic carbocycles. The van der Waals surface area contributed by atoms with Gasteiger partial charge in [-0.3, -0.25) is 4.79 Å². The molecule has 1 N–H and O–H groups in total. The van der Waals surface area contributed by atoms with Crippen LogP contribution >= 0.6 is 0 Å². The van der Waals surface area contributed by atoms with Crippen molar-refractivity contribution in [1.82, 2.24) is 0 Å². The fourth-order valence-electron chi connectivity index (χ4n) is 2.09. The quantitative estimate of drug-likeness (QED) is 0.547. The van der Waals surface area contributed by atoms with E-state index in [0.29, 0.717) is 17.2 Å². The van der Waals surface area contributed by atoms with Gasteiger partial charge in [-0.2, -0.15) is 5.26 Å². The van der Waals surface area contributed by atoms with Crippen LogP contribution in [-0.2, 0) is 4.79 Å². The Bertz CT molecular complexity index is 906. The highest BCUT2D eigenvalue weighted by Crippen LogP contribution is 2.23. The summed E-state index contributed by atoms with van der Waals surface area (Å²) in [6.07, 6.45) is 2.87. The van der Waals surface area contributed by atoms with Crippen LogP contribution in [-0.4, -0.2) is 5.91 Å². The first kappa shape index (κ1) is 16.1. The fourth-order valence-corrected chi connectivity index (χ4v) is 2.09. The van der Waals surface area contributed by atoms with Crippen molar-refractivity contribution in [2.24, 2.45) is 0 Å². The minimum Gasteiger partial charge on any atom is -0.465 e. The Labute approximate surface area is 144 Å². The molecule has 0 saturated carbocycles. The first-order valence-corrected chi connectivity index (χ1v) is 7.54. The molecule has 0 bridgehead atoms. The lowest BCUT2D eigenvalue weighted by atomic mass is 10.2. The van der Waals surface area contributed by atoms with Gasteiger partial charge >= 0.3 is 0 Å². The van der Waals surface area contributed by atoms with E-state index >= 15 is 0 Å². The van der Waals surface area contributed by atoms with E-state index in [4.69, 9.17) is 14.4 Å². The van der Waals surface area contributed by atoms with Gasteiger partial charge in [0.05, 0.1) is 6.26 Å². The lowest BCUT2D eigenvalue weighted by Crippen LogP contribution is -2.13. The van der Waals surface area contributed by atoms with E-state index in [-0.39, 0.29) is 5.57 Å². The molecule has 1 amide bonds. The van der Waals surface area contributed by atoms with Gasteiger partial charge in [-0.25, -0.2) is 0 Å². The molecule has 122 valence electrons. The molecule has 0 unspecified atom stereocenters. The highest BCUT2D eigenvalue weighted by Gasteiger charge is 2.10. The zero-order valence-electron chi connectivity index (χ0n) is 13.2. The molecule has 5 heteroatoms. The molecule has 0 spiro atoms. The van der Waals surface area contributed by atoms with E-state index < -0.39 is 5.91 Å². The number of hydrogen-bond acceptors (Lipinski definition) is 4. The first-order valence-electron chi connectivity index (χ1n) is 7.54. The lowest BCUT2D eigenvalue weighted by molar-refractivity contribution is -0.112. The van der Waals surface area contributed by atoms with Crippen molar-refractivity contribution in [3.8, 4) is 17.6 Å². The Morgan fingerprint density at radius 2 is 1.72 bits per heavy atom. The topological polar surface area (TPSA) is 75.3 Å². The largest absolute Gasteiger partial charge is 0.465 e. The Morgan fingerprint density at radius 3 is 2.36 bits per heavy atom. The number of anilines is 1. The predicted octanol–water partition coefficient (Wildman–Crippen LogP) is 4.62. The number of ether oxygens (including phenoxy) is 1. The van der Waals surface area contributed by atoms with Crippen LogP contribution in [0.25, 0.3) is 6.08 Å². The minimum absolute atomic E-state index is 0.0421. The van der Waals surface area contributed by atoms with Crippen molar-refractivity contribution in [2.45, 2.75) is 0 Å². The lowest BCUT2D eigenvalue weighted by Gasteiger charge is -2.07. The first-order chi connectivity index (χ1) is 12.2. The van der Waals surface area contributed by atoms with Gasteiger partial charge in [0.1, 0.15) is 28.9 Å². The second-order valence-electron chi connectivity index (χ2n) is 5.08. The number of amides is 1. The van der Waals surface area contributed by atoms with E-state index in [1.165, 1.54) is 12.3 Å². The van der Waals surface area contributed by atoms with Gasteiger partial charge in [0.15, 0.2) is 0 Å². The Balaban J connectivity index is 1.66. The van der Waals surface area contributed by atoms with Crippen LogP contribution < -0.4 is 10.1 Å². The summed E-state index contributed by atoms with van der Waals surface area (Å²) in [5.74, 6) is 1.32. The maximum atomic E-state index is 12.2. The van der Waals surface area contributed by atoms with Crippen molar-refractivity contribution >= 4 is 17.7 Å². The number of carbonyl (C=O) groups excluding carboxylic acids is 1.